The number of anilines is 1. The van der Waals surface area contributed by atoms with Crippen LogP contribution in [0.15, 0.2) is 47.4 Å². The van der Waals surface area contributed by atoms with E-state index >= 15 is 0 Å². The lowest BCUT2D eigenvalue weighted by molar-refractivity contribution is -0.387. The molecule has 0 spiro atoms. The quantitative estimate of drug-likeness (QED) is 0.524. The molecule has 0 bridgehead atoms. The second-order valence-corrected chi connectivity index (χ2v) is 8.35. The molecule has 9 nitrogen and oxygen atoms in total. The normalized spacial score (nSPS) is 14.4. The molecule has 1 saturated carbocycles. The van der Waals surface area contributed by atoms with Gasteiger partial charge in [-0.05, 0) is 37.1 Å². The van der Waals surface area contributed by atoms with Gasteiger partial charge in [0.1, 0.15) is 5.75 Å². The van der Waals surface area contributed by atoms with Crippen LogP contribution in [0.5, 0.6) is 5.75 Å². The third-order valence-corrected chi connectivity index (χ3v) is 6.17. The van der Waals surface area contributed by atoms with Crippen LogP contribution >= 0.6 is 0 Å². The molecule has 0 saturated heterocycles. The van der Waals surface area contributed by atoms with Crippen molar-refractivity contribution in [3.63, 3.8) is 0 Å². The summed E-state index contributed by atoms with van der Waals surface area (Å²) in [7, 11) is -3.00. The maximum atomic E-state index is 12.9. The number of benzene rings is 2. The second kappa shape index (κ2) is 8.48. The molecule has 0 aromatic heterocycles. The molecule has 154 valence electrons. The Hall–Kier alpha value is -3.14. The molecule has 1 amide bonds. The van der Waals surface area contributed by atoms with E-state index in [0.29, 0.717) is 0 Å². The first kappa shape index (κ1) is 20.6. The fourth-order valence-corrected chi connectivity index (χ4v) is 4.53. The van der Waals surface area contributed by atoms with Crippen molar-refractivity contribution in [3.05, 3.63) is 58.1 Å². The fraction of sp³-hybridized carbons (Fsp3) is 0.316. The molecule has 29 heavy (non-hydrogen) atoms. The number of para-hydroxylation sites is 1. The molecule has 0 aliphatic heterocycles. The number of carbonyl (C=O) groups is 1. The van der Waals surface area contributed by atoms with Crippen LogP contribution in [0.3, 0.4) is 0 Å². The van der Waals surface area contributed by atoms with Crippen LogP contribution in [0.25, 0.3) is 0 Å². The molecule has 1 fully saturated rings. The number of hydrogen-bond acceptors (Lipinski definition) is 6. The first-order valence-corrected chi connectivity index (χ1v) is 10.6. The van der Waals surface area contributed by atoms with Crippen LogP contribution in [0.4, 0.5) is 11.4 Å². The SMILES string of the molecule is COc1ccc(S(=O)(=O)Nc2ccccc2C(=O)NC2CCCC2)c([N+](=O)[O-])c1. The van der Waals surface area contributed by atoms with E-state index in [1.54, 1.807) is 12.1 Å². The van der Waals surface area contributed by atoms with Gasteiger partial charge < -0.3 is 10.1 Å². The summed E-state index contributed by atoms with van der Waals surface area (Å²) in [4.78, 5) is 22.7. The number of nitro groups is 1. The second-order valence-electron chi connectivity index (χ2n) is 6.70. The zero-order valence-corrected chi connectivity index (χ0v) is 16.6. The summed E-state index contributed by atoms with van der Waals surface area (Å²) in [6.07, 6.45) is 3.86. The minimum Gasteiger partial charge on any atom is -0.497 e. The molecule has 2 N–H and O–H groups in total. The summed E-state index contributed by atoms with van der Waals surface area (Å²) in [5, 5.41) is 14.3. The summed E-state index contributed by atoms with van der Waals surface area (Å²) in [6, 6.07) is 9.66. The zero-order valence-electron chi connectivity index (χ0n) is 15.8. The van der Waals surface area contributed by atoms with Crippen LogP contribution in [-0.2, 0) is 10.0 Å². The van der Waals surface area contributed by atoms with Crippen LogP contribution in [0.2, 0.25) is 0 Å². The lowest BCUT2D eigenvalue weighted by Gasteiger charge is -2.15. The van der Waals surface area contributed by atoms with Crippen LogP contribution < -0.4 is 14.8 Å². The van der Waals surface area contributed by atoms with Gasteiger partial charge in [-0.3, -0.25) is 19.6 Å². The van der Waals surface area contributed by atoms with Crippen molar-refractivity contribution in [1.82, 2.24) is 5.32 Å². The van der Waals surface area contributed by atoms with Crippen molar-refractivity contribution in [2.75, 3.05) is 11.8 Å². The fourth-order valence-electron chi connectivity index (χ4n) is 3.30. The molecule has 3 rings (SSSR count). The number of amides is 1. The van der Waals surface area contributed by atoms with Gasteiger partial charge in [0.25, 0.3) is 21.6 Å². The van der Waals surface area contributed by atoms with Crippen LogP contribution in [-0.4, -0.2) is 32.4 Å². The summed E-state index contributed by atoms with van der Waals surface area (Å²) in [5.74, 6) is -0.230. The topological polar surface area (TPSA) is 128 Å². The molecule has 1 aliphatic carbocycles. The molecule has 10 heteroatoms. The largest absolute Gasteiger partial charge is 0.497 e. The summed E-state index contributed by atoms with van der Waals surface area (Å²) < 4.78 is 33.0. The standard InChI is InChI=1S/C19H21N3O6S/c1-28-14-10-11-18(17(12-14)22(24)25)29(26,27)21-16-9-5-4-8-15(16)19(23)20-13-6-2-3-7-13/h4-5,8-13,21H,2-3,6-7H2,1H3,(H,20,23). The highest BCUT2D eigenvalue weighted by atomic mass is 32.2. The Labute approximate surface area is 168 Å². The van der Waals surface area contributed by atoms with Gasteiger partial charge in [-0.2, -0.15) is 0 Å². The van der Waals surface area contributed by atoms with E-state index in [0.717, 1.165) is 37.8 Å². The predicted octanol–water partition coefficient (Wildman–Crippen LogP) is 3.08. The number of nitro benzene ring substituents is 1. The highest BCUT2D eigenvalue weighted by Gasteiger charge is 2.28. The Morgan fingerprint density at radius 3 is 2.52 bits per heavy atom. The minimum absolute atomic E-state index is 0.0492. The molecule has 1 aliphatic rings. The van der Waals surface area contributed by atoms with Gasteiger partial charge in [-0.25, -0.2) is 8.42 Å². The van der Waals surface area contributed by atoms with Crippen molar-refractivity contribution in [2.45, 2.75) is 36.6 Å². The van der Waals surface area contributed by atoms with Gasteiger partial charge in [0.05, 0.1) is 29.4 Å². The van der Waals surface area contributed by atoms with Crippen molar-refractivity contribution in [2.24, 2.45) is 0 Å². The average molecular weight is 419 g/mol. The number of nitrogens with zero attached hydrogens (tertiary/aromatic N) is 1. The van der Waals surface area contributed by atoms with E-state index in [1.165, 1.54) is 25.3 Å². The Morgan fingerprint density at radius 1 is 1.17 bits per heavy atom. The molecular formula is C19H21N3O6S. The number of carbonyl (C=O) groups excluding carboxylic acids is 1. The molecule has 0 heterocycles. The Morgan fingerprint density at radius 2 is 1.86 bits per heavy atom. The highest BCUT2D eigenvalue weighted by Crippen LogP contribution is 2.30. The van der Waals surface area contributed by atoms with Gasteiger partial charge in [0, 0.05) is 6.04 Å². The van der Waals surface area contributed by atoms with Gasteiger partial charge in [-0.1, -0.05) is 25.0 Å². The first-order valence-electron chi connectivity index (χ1n) is 9.07. The lowest BCUT2D eigenvalue weighted by atomic mass is 10.1. The lowest BCUT2D eigenvalue weighted by Crippen LogP contribution is -2.33. The summed E-state index contributed by atoms with van der Waals surface area (Å²) in [5.41, 5.74) is -0.419. The Balaban J connectivity index is 1.92. The van der Waals surface area contributed by atoms with E-state index in [9.17, 15) is 23.3 Å². The molecular weight excluding hydrogens is 398 g/mol. The number of nitrogens with one attached hydrogen (secondary N) is 2. The minimum atomic E-state index is -4.32. The smallest absolute Gasteiger partial charge is 0.293 e. The van der Waals surface area contributed by atoms with Crippen molar-refractivity contribution >= 4 is 27.3 Å². The Bertz CT molecular complexity index is 1030. The maximum absolute atomic E-state index is 12.9. The van der Waals surface area contributed by atoms with E-state index in [2.05, 4.69) is 10.0 Å². The van der Waals surface area contributed by atoms with E-state index in [-0.39, 0.29) is 28.9 Å². The summed E-state index contributed by atoms with van der Waals surface area (Å²) in [6.45, 7) is 0. The monoisotopic (exact) mass is 419 g/mol. The van der Waals surface area contributed by atoms with E-state index in [4.69, 9.17) is 4.74 Å². The van der Waals surface area contributed by atoms with Crippen LogP contribution in [0.1, 0.15) is 36.0 Å². The molecule has 2 aromatic rings. The third kappa shape index (κ3) is 4.65. The number of sulfonamides is 1. The maximum Gasteiger partial charge on any atom is 0.293 e. The first-order chi connectivity index (χ1) is 13.8. The molecule has 2 aromatic carbocycles. The van der Waals surface area contributed by atoms with Crippen molar-refractivity contribution < 1.29 is 22.9 Å². The number of ether oxygens (including phenoxy) is 1. The number of methoxy groups -OCH3 is 1. The van der Waals surface area contributed by atoms with Gasteiger partial charge >= 0.3 is 0 Å². The Kier molecular flexibility index (Phi) is 6.02. The number of hydrogen-bond donors (Lipinski definition) is 2. The van der Waals surface area contributed by atoms with Gasteiger partial charge in [0.2, 0.25) is 0 Å². The third-order valence-electron chi connectivity index (χ3n) is 4.76. The highest BCUT2D eigenvalue weighted by molar-refractivity contribution is 7.92. The number of rotatable bonds is 7. The summed E-state index contributed by atoms with van der Waals surface area (Å²) >= 11 is 0. The van der Waals surface area contributed by atoms with Crippen molar-refractivity contribution in [1.29, 1.82) is 0 Å². The molecule has 0 radical (unpaired) electrons. The molecule has 0 unspecified atom stereocenters. The zero-order chi connectivity index (χ0) is 21.0. The van der Waals surface area contributed by atoms with E-state index in [1.807, 2.05) is 0 Å². The van der Waals surface area contributed by atoms with Crippen LogP contribution in [0, 0.1) is 10.1 Å². The van der Waals surface area contributed by atoms with E-state index < -0.39 is 25.5 Å². The average Bonchev–Trinajstić information content (AvgIpc) is 3.20. The predicted molar refractivity (Wildman–Crippen MR) is 107 cm³/mol. The van der Waals surface area contributed by atoms with Crippen molar-refractivity contribution in [3.8, 4) is 5.75 Å². The molecule has 0 atom stereocenters. The van der Waals surface area contributed by atoms with Gasteiger partial charge in [-0.15, -0.1) is 0 Å². The van der Waals surface area contributed by atoms with Gasteiger partial charge in [0.15, 0.2) is 4.90 Å².